The number of Topliss-reactive ketones (excluding diaryl/α,β-unsaturated/α-hetero) is 1. The van der Waals surface area contributed by atoms with Crippen LogP contribution >= 0.6 is 0 Å². The van der Waals surface area contributed by atoms with E-state index in [4.69, 9.17) is 9.47 Å². The van der Waals surface area contributed by atoms with E-state index in [1.165, 1.54) is 0 Å². The number of ether oxygens (including phenoxy) is 2. The molecule has 6 N–H and O–H groups in total. The molecule has 0 bridgehead atoms. The highest BCUT2D eigenvalue weighted by atomic mass is 16.5. The first-order chi connectivity index (χ1) is 40.7. The van der Waals surface area contributed by atoms with E-state index in [1.54, 1.807) is 60.2 Å². The summed E-state index contributed by atoms with van der Waals surface area (Å²) in [6.07, 6.45) is 11.3. The molecule has 4 heterocycles. The number of rotatable bonds is 19. The standard InChI is InChI=1S/C66H84N8O10/c1-5-39(2)60(76)72-59(42-18-10-7-11-19-42)66(82)74-38-48(35-55(74)64(80)71-53-29-31-84-58-23-15-13-21-50(53)58)69-62(78)46-27-25-43-32-45(26-24-44(43)33-46)61(77)68-47-34-54(63(79)70-52-28-30-83-57-22-14-12-20-49(52)57)73(37-47)65(81)51(36-56(75)40(3)67-4)41-16-8-6-9-17-41/h12-15,20-27,32-33,39-42,47-48,51-55,59,67H,5-11,16-19,28-31,34-38H2,1-4H3,(H,68,77)(H,69,78)(H,70,79)(H,71,80)(H,72,76)/t39-,40+,47+,48+,51+,52-,53-,54+,55+,59+/m1/s1. The number of nitrogens with one attached hydrogen (secondary N) is 6. The molecule has 448 valence electrons. The smallest absolute Gasteiger partial charge is 0.251 e. The number of fused-ring (bicyclic) bond motifs is 3. The zero-order valence-corrected chi connectivity index (χ0v) is 49.1. The Labute approximate surface area is 493 Å². The van der Waals surface area contributed by atoms with Crippen LogP contribution in [0.4, 0.5) is 0 Å². The fourth-order valence-corrected chi connectivity index (χ4v) is 13.7. The lowest BCUT2D eigenvalue weighted by Gasteiger charge is -2.35. The zero-order valence-electron chi connectivity index (χ0n) is 49.1. The van der Waals surface area contributed by atoms with Crippen molar-refractivity contribution in [1.82, 2.24) is 41.7 Å². The quantitative estimate of drug-likeness (QED) is 0.0542. The second kappa shape index (κ2) is 27.1. The van der Waals surface area contributed by atoms with Crippen LogP contribution in [0.3, 0.4) is 0 Å². The lowest BCUT2D eigenvalue weighted by Crippen LogP contribution is -2.57. The monoisotopic (exact) mass is 1150 g/mol. The summed E-state index contributed by atoms with van der Waals surface area (Å²) in [6, 6.07) is 20.7. The molecule has 4 aromatic rings. The van der Waals surface area contributed by atoms with Gasteiger partial charge in [-0.15, -0.1) is 0 Å². The molecule has 7 amide bonds. The van der Waals surface area contributed by atoms with Gasteiger partial charge >= 0.3 is 0 Å². The largest absolute Gasteiger partial charge is 0.493 e. The molecule has 0 spiro atoms. The van der Waals surface area contributed by atoms with Crippen molar-refractivity contribution in [2.75, 3.05) is 33.4 Å². The van der Waals surface area contributed by atoms with E-state index in [0.29, 0.717) is 65.9 Å². The summed E-state index contributed by atoms with van der Waals surface area (Å²) in [4.78, 5) is 118. The molecule has 18 nitrogen and oxygen atoms in total. The summed E-state index contributed by atoms with van der Waals surface area (Å²) < 4.78 is 11.8. The minimum Gasteiger partial charge on any atom is -0.493 e. The number of hydrogen-bond acceptors (Lipinski definition) is 11. The van der Waals surface area contributed by atoms with Crippen LogP contribution < -0.4 is 41.4 Å². The Kier molecular flexibility index (Phi) is 19.3. The third-order valence-electron chi connectivity index (χ3n) is 19.0. The number of para-hydroxylation sites is 2. The molecule has 10 rings (SSSR count). The van der Waals surface area contributed by atoms with E-state index in [-0.39, 0.29) is 103 Å². The number of benzene rings is 4. The van der Waals surface area contributed by atoms with Gasteiger partial charge in [-0.1, -0.05) is 101 Å². The second-order valence-electron chi connectivity index (χ2n) is 24.5. The fourth-order valence-electron chi connectivity index (χ4n) is 13.7. The van der Waals surface area contributed by atoms with Crippen molar-refractivity contribution in [2.24, 2.45) is 23.7 Å². The molecule has 0 unspecified atom stereocenters. The fraction of sp³-hybridized carbons (Fsp3) is 0.545. The van der Waals surface area contributed by atoms with Crippen molar-refractivity contribution in [3.63, 3.8) is 0 Å². The number of nitrogens with zero attached hydrogens (tertiary/aromatic N) is 2. The zero-order chi connectivity index (χ0) is 59.0. The van der Waals surface area contributed by atoms with Gasteiger partial charge in [0.2, 0.25) is 29.5 Å². The summed E-state index contributed by atoms with van der Waals surface area (Å²) in [6.45, 7) is 6.59. The van der Waals surface area contributed by atoms with E-state index in [9.17, 15) is 33.6 Å². The van der Waals surface area contributed by atoms with E-state index in [0.717, 1.165) is 75.3 Å². The Morgan fingerprint density at radius 3 is 1.54 bits per heavy atom. The SMILES string of the molecule is CC[C@@H](C)C(=O)N[C@H](C(=O)N1C[C@@H](NC(=O)c2ccc3cc(C(=O)N[C@H]4C[C@@H](C(=O)N[C@@H]5CCOc6ccccc65)N(C(=O)[C@@H](CC(=O)[C@H](C)NC)C5CCCCC5)C4)ccc3c2)C[C@H]1C(=O)N[C@@H]1CCOc2ccccc21)C1CCCCC1. The van der Waals surface area contributed by atoms with Crippen LogP contribution in [0.15, 0.2) is 84.9 Å². The van der Waals surface area contributed by atoms with Crippen LogP contribution in [-0.4, -0.2) is 127 Å². The van der Waals surface area contributed by atoms with Gasteiger partial charge in [-0.2, -0.15) is 0 Å². The summed E-state index contributed by atoms with van der Waals surface area (Å²) >= 11 is 0. The second-order valence-corrected chi connectivity index (χ2v) is 24.5. The highest BCUT2D eigenvalue weighted by Crippen LogP contribution is 2.38. The average Bonchev–Trinajstić information content (AvgIpc) is 4.34. The Balaban J connectivity index is 0.842. The predicted octanol–water partition coefficient (Wildman–Crippen LogP) is 7.39. The summed E-state index contributed by atoms with van der Waals surface area (Å²) in [5.41, 5.74) is 2.42. The molecule has 0 aromatic heterocycles. The minimum absolute atomic E-state index is 0.000796. The van der Waals surface area contributed by atoms with Crippen molar-refractivity contribution in [3.8, 4) is 11.5 Å². The van der Waals surface area contributed by atoms with Crippen molar-refractivity contribution in [1.29, 1.82) is 0 Å². The van der Waals surface area contributed by atoms with E-state index in [2.05, 4.69) is 31.9 Å². The number of likely N-dealkylation sites (N-methyl/N-ethyl adjacent to an activating group) is 1. The Hall–Kier alpha value is -7.34. The van der Waals surface area contributed by atoms with Crippen LogP contribution in [0.1, 0.15) is 167 Å². The molecule has 18 heteroatoms. The van der Waals surface area contributed by atoms with Gasteiger partial charge in [-0.05, 0) is 118 Å². The maximum atomic E-state index is 15.0. The number of ketones is 1. The molecule has 2 saturated carbocycles. The summed E-state index contributed by atoms with van der Waals surface area (Å²) in [7, 11) is 1.73. The molecule has 2 aliphatic carbocycles. The minimum atomic E-state index is -0.918. The Morgan fingerprint density at radius 1 is 0.571 bits per heavy atom. The average molecular weight is 1150 g/mol. The van der Waals surface area contributed by atoms with E-state index in [1.807, 2.05) is 62.4 Å². The van der Waals surface area contributed by atoms with Crippen LogP contribution in [0.25, 0.3) is 10.8 Å². The van der Waals surface area contributed by atoms with Crippen LogP contribution in [0, 0.1) is 23.7 Å². The van der Waals surface area contributed by atoms with Gasteiger partial charge in [0.05, 0.1) is 31.3 Å². The van der Waals surface area contributed by atoms with E-state index < -0.39 is 48.1 Å². The Bertz CT molecular complexity index is 2880. The number of hydrogen-bond donors (Lipinski definition) is 6. The molecule has 84 heavy (non-hydrogen) atoms. The Morgan fingerprint density at radius 2 is 1.05 bits per heavy atom. The van der Waals surface area contributed by atoms with Crippen LogP contribution in [-0.2, 0) is 28.8 Å². The molecule has 10 atom stereocenters. The lowest BCUT2D eigenvalue weighted by atomic mass is 9.76. The first-order valence-electron chi connectivity index (χ1n) is 31.0. The molecule has 6 aliphatic rings. The van der Waals surface area contributed by atoms with Crippen molar-refractivity contribution in [3.05, 3.63) is 107 Å². The first kappa shape index (κ1) is 59.8. The maximum Gasteiger partial charge on any atom is 0.251 e. The third kappa shape index (κ3) is 13.6. The molecule has 4 fully saturated rings. The maximum absolute atomic E-state index is 15.0. The van der Waals surface area contributed by atoms with Gasteiger partial charge in [0, 0.05) is 78.5 Å². The topological polar surface area (TPSA) is 234 Å². The number of amides is 7. The summed E-state index contributed by atoms with van der Waals surface area (Å²) in [5.74, 6) is -1.83. The molecule has 4 aliphatic heterocycles. The van der Waals surface area contributed by atoms with Gasteiger partial charge in [0.25, 0.3) is 11.8 Å². The lowest BCUT2D eigenvalue weighted by molar-refractivity contribution is -0.145. The van der Waals surface area contributed by atoms with Crippen LogP contribution in [0.2, 0.25) is 0 Å². The predicted molar refractivity (Wildman–Crippen MR) is 318 cm³/mol. The number of likely N-dealkylation sites (tertiary alicyclic amines) is 2. The number of carbonyl (C=O) groups is 8. The first-order valence-corrected chi connectivity index (χ1v) is 31.0. The molecular formula is C66H84N8O10. The third-order valence-corrected chi connectivity index (χ3v) is 19.0. The summed E-state index contributed by atoms with van der Waals surface area (Å²) in [5, 5.41) is 20.2. The van der Waals surface area contributed by atoms with Crippen molar-refractivity contribution >= 4 is 57.9 Å². The number of carbonyl (C=O) groups excluding carboxylic acids is 8. The highest BCUT2D eigenvalue weighted by molar-refractivity contribution is 6.03. The van der Waals surface area contributed by atoms with Crippen LogP contribution in [0.5, 0.6) is 11.5 Å². The van der Waals surface area contributed by atoms with Crippen molar-refractivity contribution < 1.29 is 47.8 Å². The van der Waals surface area contributed by atoms with E-state index >= 15 is 4.79 Å². The molecule has 2 saturated heterocycles. The van der Waals surface area contributed by atoms with Gasteiger partial charge in [0.15, 0.2) is 0 Å². The molecule has 4 aromatic carbocycles. The van der Waals surface area contributed by atoms with Gasteiger partial charge in [-0.3, -0.25) is 38.4 Å². The molecular weight excluding hydrogens is 1060 g/mol. The van der Waals surface area contributed by atoms with Gasteiger partial charge < -0.3 is 51.2 Å². The van der Waals surface area contributed by atoms with Crippen molar-refractivity contribution in [2.45, 2.75) is 172 Å². The normalized spacial score (nSPS) is 24.0. The van der Waals surface area contributed by atoms with Gasteiger partial charge in [0.1, 0.15) is 35.4 Å². The van der Waals surface area contributed by atoms with Gasteiger partial charge in [-0.25, -0.2) is 0 Å². The molecule has 0 radical (unpaired) electrons. The highest BCUT2D eigenvalue weighted by Gasteiger charge is 2.47.